The zero-order valence-corrected chi connectivity index (χ0v) is 11.4. The molecule has 1 aromatic heterocycles. The summed E-state index contributed by atoms with van der Waals surface area (Å²) in [5, 5.41) is 8.95. The molecule has 0 aliphatic rings. The van der Waals surface area contributed by atoms with Gasteiger partial charge in [-0.1, -0.05) is 32.0 Å². The molecule has 0 spiro atoms. The van der Waals surface area contributed by atoms with Gasteiger partial charge in [-0.25, -0.2) is 0 Å². The maximum Gasteiger partial charge on any atom is 0.146 e. The minimum Gasteiger partial charge on any atom is -0.485 e. The van der Waals surface area contributed by atoms with E-state index in [0.29, 0.717) is 18.3 Å². The smallest absolute Gasteiger partial charge is 0.146 e. The van der Waals surface area contributed by atoms with Gasteiger partial charge in [-0.05, 0) is 36.1 Å². The van der Waals surface area contributed by atoms with Crippen molar-refractivity contribution in [3.63, 3.8) is 0 Å². The first-order valence-corrected chi connectivity index (χ1v) is 6.64. The SMILES string of the molecule is CCC(C)c1ccccc1OCc1ccc(CO)o1. The van der Waals surface area contributed by atoms with Crippen LogP contribution in [0.15, 0.2) is 40.8 Å². The van der Waals surface area contributed by atoms with Crippen LogP contribution in [0.3, 0.4) is 0 Å². The molecule has 19 heavy (non-hydrogen) atoms. The molecular weight excluding hydrogens is 240 g/mol. The molecule has 0 aliphatic carbocycles. The molecule has 0 amide bonds. The van der Waals surface area contributed by atoms with Gasteiger partial charge >= 0.3 is 0 Å². The van der Waals surface area contributed by atoms with Crippen LogP contribution in [0.5, 0.6) is 5.75 Å². The Labute approximate surface area is 113 Å². The van der Waals surface area contributed by atoms with E-state index in [4.69, 9.17) is 14.3 Å². The van der Waals surface area contributed by atoms with E-state index in [-0.39, 0.29) is 6.61 Å². The van der Waals surface area contributed by atoms with Crippen LogP contribution in [0.25, 0.3) is 0 Å². The van der Waals surface area contributed by atoms with E-state index in [1.165, 1.54) is 5.56 Å². The number of aliphatic hydroxyl groups excluding tert-OH is 1. The highest BCUT2D eigenvalue weighted by atomic mass is 16.5. The summed E-state index contributed by atoms with van der Waals surface area (Å²) in [6, 6.07) is 11.7. The van der Waals surface area contributed by atoms with Crippen LogP contribution in [-0.2, 0) is 13.2 Å². The van der Waals surface area contributed by atoms with Crippen LogP contribution in [0, 0.1) is 0 Å². The Bertz CT molecular complexity index is 516. The summed E-state index contributed by atoms with van der Waals surface area (Å²) in [7, 11) is 0. The number of ether oxygens (including phenoxy) is 1. The molecule has 1 heterocycles. The lowest BCUT2D eigenvalue weighted by Crippen LogP contribution is -2.00. The van der Waals surface area contributed by atoms with Gasteiger partial charge in [0.25, 0.3) is 0 Å². The third kappa shape index (κ3) is 3.38. The summed E-state index contributed by atoms with van der Waals surface area (Å²) >= 11 is 0. The van der Waals surface area contributed by atoms with Gasteiger partial charge in [-0.2, -0.15) is 0 Å². The summed E-state index contributed by atoms with van der Waals surface area (Å²) in [4.78, 5) is 0. The molecule has 1 unspecified atom stereocenters. The minimum absolute atomic E-state index is 0.0799. The van der Waals surface area contributed by atoms with E-state index in [1.54, 1.807) is 6.07 Å². The molecule has 0 saturated heterocycles. The number of hydrogen-bond acceptors (Lipinski definition) is 3. The Morgan fingerprint density at radius 2 is 1.89 bits per heavy atom. The summed E-state index contributed by atoms with van der Waals surface area (Å²) in [5.41, 5.74) is 1.22. The molecule has 0 fully saturated rings. The monoisotopic (exact) mass is 260 g/mol. The molecule has 0 saturated carbocycles. The Balaban J connectivity index is 2.06. The molecule has 102 valence electrons. The van der Waals surface area contributed by atoms with Crippen LogP contribution in [0.4, 0.5) is 0 Å². The zero-order chi connectivity index (χ0) is 13.7. The molecule has 3 nitrogen and oxygen atoms in total. The van der Waals surface area contributed by atoms with Crippen molar-refractivity contribution in [1.82, 2.24) is 0 Å². The van der Waals surface area contributed by atoms with E-state index < -0.39 is 0 Å². The Kier molecular flexibility index (Phi) is 4.63. The molecule has 0 aliphatic heterocycles. The van der Waals surface area contributed by atoms with Crippen LogP contribution in [0.2, 0.25) is 0 Å². The Hall–Kier alpha value is -1.74. The molecule has 2 rings (SSSR count). The zero-order valence-electron chi connectivity index (χ0n) is 11.4. The van der Waals surface area contributed by atoms with Crippen LogP contribution in [0.1, 0.15) is 43.3 Å². The normalized spacial score (nSPS) is 12.4. The van der Waals surface area contributed by atoms with E-state index in [9.17, 15) is 0 Å². The lowest BCUT2D eigenvalue weighted by molar-refractivity contribution is 0.224. The van der Waals surface area contributed by atoms with Gasteiger partial charge in [0.2, 0.25) is 0 Å². The average molecular weight is 260 g/mol. The van der Waals surface area contributed by atoms with E-state index in [1.807, 2.05) is 24.3 Å². The largest absolute Gasteiger partial charge is 0.485 e. The standard InChI is InChI=1S/C16H20O3/c1-3-12(2)15-6-4-5-7-16(15)18-11-14-9-8-13(10-17)19-14/h4-9,12,17H,3,10-11H2,1-2H3. The van der Waals surface area contributed by atoms with Gasteiger partial charge in [-0.15, -0.1) is 0 Å². The van der Waals surface area contributed by atoms with Crippen molar-refractivity contribution in [2.45, 2.75) is 39.4 Å². The number of furan rings is 1. The summed E-state index contributed by atoms with van der Waals surface area (Å²) < 4.78 is 11.2. The number of aliphatic hydroxyl groups is 1. The molecule has 2 aromatic rings. The second-order valence-corrected chi connectivity index (χ2v) is 4.66. The quantitative estimate of drug-likeness (QED) is 0.857. The summed E-state index contributed by atoms with van der Waals surface area (Å²) in [6.07, 6.45) is 1.08. The van der Waals surface area contributed by atoms with Gasteiger partial charge in [0.05, 0.1) is 0 Å². The fourth-order valence-corrected chi connectivity index (χ4v) is 1.97. The summed E-state index contributed by atoms with van der Waals surface area (Å²) in [6.45, 7) is 4.66. The van der Waals surface area contributed by atoms with Crippen molar-refractivity contribution in [2.75, 3.05) is 0 Å². The molecule has 1 N–H and O–H groups in total. The third-order valence-corrected chi connectivity index (χ3v) is 3.31. The van der Waals surface area contributed by atoms with Crippen molar-refractivity contribution >= 4 is 0 Å². The highest BCUT2D eigenvalue weighted by molar-refractivity contribution is 5.35. The second-order valence-electron chi connectivity index (χ2n) is 4.66. The molecule has 0 bridgehead atoms. The number of rotatable bonds is 6. The topological polar surface area (TPSA) is 42.6 Å². The average Bonchev–Trinajstić information content (AvgIpc) is 2.92. The highest BCUT2D eigenvalue weighted by Crippen LogP contribution is 2.29. The minimum atomic E-state index is -0.0799. The van der Waals surface area contributed by atoms with Gasteiger partial charge in [-0.3, -0.25) is 0 Å². The molecular formula is C16H20O3. The highest BCUT2D eigenvalue weighted by Gasteiger charge is 2.10. The van der Waals surface area contributed by atoms with Gasteiger partial charge < -0.3 is 14.3 Å². The van der Waals surface area contributed by atoms with Gasteiger partial charge in [0.1, 0.15) is 30.5 Å². The van der Waals surface area contributed by atoms with E-state index in [2.05, 4.69) is 19.9 Å². The molecule has 1 aromatic carbocycles. The maximum atomic E-state index is 8.95. The lowest BCUT2D eigenvalue weighted by atomic mass is 9.98. The molecule has 1 atom stereocenters. The number of benzene rings is 1. The Morgan fingerprint density at radius 3 is 2.58 bits per heavy atom. The first-order chi connectivity index (χ1) is 9.24. The lowest BCUT2D eigenvalue weighted by Gasteiger charge is -2.14. The van der Waals surface area contributed by atoms with Crippen molar-refractivity contribution in [3.05, 3.63) is 53.5 Å². The fourth-order valence-electron chi connectivity index (χ4n) is 1.97. The molecule has 0 radical (unpaired) electrons. The fraction of sp³-hybridized carbons (Fsp3) is 0.375. The third-order valence-electron chi connectivity index (χ3n) is 3.31. The van der Waals surface area contributed by atoms with E-state index in [0.717, 1.165) is 17.9 Å². The van der Waals surface area contributed by atoms with Gasteiger partial charge in [0.15, 0.2) is 0 Å². The van der Waals surface area contributed by atoms with Gasteiger partial charge in [0, 0.05) is 0 Å². The van der Waals surface area contributed by atoms with Crippen LogP contribution < -0.4 is 4.74 Å². The molecule has 3 heteroatoms. The van der Waals surface area contributed by atoms with Crippen molar-refractivity contribution < 1.29 is 14.3 Å². The maximum absolute atomic E-state index is 8.95. The first kappa shape index (κ1) is 13.7. The van der Waals surface area contributed by atoms with Crippen molar-refractivity contribution in [3.8, 4) is 5.75 Å². The van der Waals surface area contributed by atoms with Crippen molar-refractivity contribution in [1.29, 1.82) is 0 Å². The number of hydrogen-bond donors (Lipinski definition) is 1. The second kappa shape index (κ2) is 6.43. The summed E-state index contributed by atoms with van der Waals surface area (Å²) in [5.74, 6) is 2.66. The predicted octanol–water partition coefficient (Wildman–Crippen LogP) is 3.86. The first-order valence-electron chi connectivity index (χ1n) is 6.64. The van der Waals surface area contributed by atoms with Crippen LogP contribution in [-0.4, -0.2) is 5.11 Å². The number of para-hydroxylation sites is 1. The Morgan fingerprint density at radius 1 is 1.16 bits per heavy atom. The van der Waals surface area contributed by atoms with Crippen LogP contribution >= 0.6 is 0 Å². The predicted molar refractivity (Wildman–Crippen MR) is 74.1 cm³/mol. The van der Waals surface area contributed by atoms with Crippen molar-refractivity contribution in [2.24, 2.45) is 0 Å². The van der Waals surface area contributed by atoms with E-state index >= 15 is 0 Å².